The van der Waals surface area contributed by atoms with Crippen molar-refractivity contribution in [2.75, 3.05) is 26.7 Å². The molecular formula is C23H35N3O6S. The summed E-state index contributed by atoms with van der Waals surface area (Å²) in [6.45, 7) is 8.78. The van der Waals surface area contributed by atoms with Crippen molar-refractivity contribution in [3.63, 3.8) is 0 Å². The second kappa shape index (κ2) is 11.2. The molecule has 1 aliphatic rings. The number of benzene rings is 1. The van der Waals surface area contributed by atoms with Gasteiger partial charge in [0.1, 0.15) is 22.9 Å². The quantitative estimate of drug-likeness (QED) is 0.545. The number of aliphatic hydroxyl groups excluding tert-OH is 2. The number of urea groups is 1. The fourth-order valence-electron chi connectivity index (χ4n) is 3.42. The average molecular weight is 482 g/mol. The van der Waals surface area contributed by atoms with Crippen molar-refractivity contribution in [3.8, 4) is 17.6 Å². The van der Waals surface area contributed by atoms with E-state index in [1.54, 1.807) is 20.0 Å². The molecule has 184 valence electrons. The zero-order chi connectivity index (χ0) is 24.9. The molecule has 0 saturated carbocycles. The van der Waals surface area contributed by atoms with Gasteiger partial charge in [-0.25, -0.2) is 13.2 Å². The highest BCUT2D eigenvalue weighted by Crippen LogP contribution is 2.34. The number of nitrogens with zero attached hydrogens (tertiary/aromatic N) is 2. The third kappa shape index (κ3) is 6.84. The molecule has 2 amide bonds. The molecule has 0 fully saturated rings. The molecule has 0 spiro atoms. The summed E-state index contributed by atoms with van der Waals surface area (Å²) in [7, 11) is -2.31. The lowest BCUT2D eigenvalue weighted by molar-refractivity contribution is 0.0809. The maximum Gasteiger partial charge on any atom is 0.317 e. The fourth-order valence-corrected chi connectivity index (χ4v) is 5.24. The standard InChI is InChI=1S/C23H35N3O6S/c1-15(2)24-23(29)25(6)13-21-16(3)12-26(17(4)14-27)33(30,31)22-10-9-19(8-7-18(5)28)11-20(22)32-21/h9-11,15-18,21,27-28H,12-14H2,1-6H3,(H,24,29)/t16-,17+,18+,21+/m1/s1. The first-order valence-electron chi connectivity index (χ1n) is 11.0. The summed E-state index contributed by atoms with van der Waals surface area (Å²) in [6, 6.07) is 3.59. The topological polar surface area (TPSA) is 119 Å². The van der Waals surface area contributed by atoms with E-state index in [-0.39, 0.29) is 48.3 Å². The second-order valence-corrected chi connectivity index (χ2v) is 10.7. The van der Waals surface area contributed by atoms with E-state index in [4.69, 9.17) is 4.74 Å². The highest BCUT2D eigenvalue weighted by atomic mass is 32.2. The molecule has 10 heteroatoms. The normalized spacial score (nSPS) is 22.0. The average Bonchev–Trinajstić information content (AvgIpc) is 2.73. The molecule has 0 radical (unpaired) electrons. The molecule has 0 unspecified atom stereocenters. The van der Waals surface area contributed by atoms with E-state index in [0.29, 0.717) is 5.56 Å². The molecule has 1 aromatic rings. The first-order valence-corrected chi connectivity index (χ1v) is 12.5. The summed E-state index contributed by atoms with van der Waals surface area (Å²) >= 11 is 0. The molecule has 1 aliphatic heterocycles. The first-order chi connectivity index (χ1) is 15.4. The molecule has 1 aromatic carbocycles. The Bertz CT molecular complexity index is 999. The van der Waals surface area contributed by atoms with E-state index in [2.05, 4.69) is 17.2 Å². The van der Waals surface area contributed by atoms with Crippen LogP contribution in [0, 0.1) is 17.8 Å². The molecule has 3 N–H and O–H groups in total. The first kappa shape index (κ1) is 26.9. The van der Waals surface area contributed by atoms with E-state index in [9.17, 15) is 23.4 Å². The number of nitrogens with one attached hydrogen (secondary N) is 1. The van der Waals surface area contributed by atoms with E-state index in [1.807, 2.05) is 20.8 Å². The number of carbonyl (C=O) groups is 1. The Morgan fingerprint density at radius 1 is 1.33 bits per heavy atom. The van der Waals surface area contributed by atoms with Gasteiger partial charge in [0.15, 0.2) is 0 Å². The maximum absolute atomic E-state index is 13.4. The highest BCUT2D eigenvalue weighted by Gasteiger charge is 2.38. The highest BCUT2D eigenvalue weighted by molar-refractivity contribution is 7.89. The van der Waals surface area contributed by atoms with Crippen LogP contribution in [0.1, 0.15) is 40.2 Å². The summed E-state index contributed by atoms with van der Waals surface area (Å²) in [4.78, 5) is 13.9. The summed E-state index contributed by atoms with van der Waals surface area (Å²) in [5.41, 5.74) is 0.490. The van der Waals surface area contributed by atoms with Gasteiger partial charge in [0, 0.05) is 37.2 Å². The van der Waals surface area contributed by atoms with Gasteiger partial charge in [0.05, 0.1) is 13.2 Å². The number of carbonyl (C=O) groups excluding carboxylic acids is 1. The van der Waals surface area contributed by atoms with Crippen LogP contribution in [0.5, 0.6) is 5.75 Å². The molecular weight excluding hydrogens is 446 g/mol. The number of ether oxygens (including phenoxy) is 1. The van der Waals surface area contributed by atoms with Crippen molar-refractivity contribution in [2.24, 2.45) is 5.92 Å². The van der Waals surface area contributed by atoms with Gasteiger partial charge in [0.2, 0.25) is 10.0 Å². The van der Waals surface area contributed by atoms with Crippen LogP contribution in [0.4, 0.5) is 4.79 Å². The Balaban J connectivity index is 2.53. The maximum atomic E-state index is 13.4. The summed E-state index contributed by atoms with van der Waals surface area (Å²) < 4.78 is 34.4. The van der Waals surface area contributed by atoms with Gasteiger partial charge in [-0.3, -0.25) is 0 Å². The van der Waals surface area contributed by atoms with E-state index in [0.717, 1.165) is 0 Å². The number of amides is 2. The van der Waals surface area contributed by atoms with Crippen molar-refractivity contribution in [1.29, 1.82) is 0 Å². The van der Waals surface area contributed by atoms with Crippen molar-refractivity contribution >= 4 is 16.1 Å². The van der Waals surface area contributed by atoms with Crippen LogP contribution in [0.15, 0.2) is 23.1 Å². The Hall–Kier alpha value is -2.32. The zero-order valence-electron chi connectivity index (χ0n) is 20.1. The Labute approximate surface area is 196 Å². The van der Waals surface area contributed by atoms with Gasteiger partial charge in [-0.1, -0.05) is 18.8 Å². The smallest absolute Gasteiger partial charge is 0.317 e. The van der Waals surface area contributed by atoms with Crippen molar-refractivity contribution in [1.82, 2.24) is 14.5 Å². The number of aliphatic hydroxyl groups is 2. The van der Waals surface area contributed by atoms with Crippen LogP contribution in [-0.2, 0) is 10.0 Å². The van der Waals surface area contributed by atoms with Crippen LogP contribution in [0.2, 0.25) is 0 Å². The molecule has 0 aromatic heterocycles. The largest absolute Gasteiger partial charge is 0.487 e. The molecule has 33 heavy (non-hydrogen) atoms. The van der Waals surface area contributed by atoms with E-state index >= 15 is 0 Å². The van der Waals surface area contributed by atoms with Crippen molar-refractivity contribution in [3.05, 3.63) is 23.8 Å². The van der Waals surface area contributed by atoms with Gasteiger partial charge in [-0.2, -0.15) is 4.31 Å². The van der Waals surface area contributed by atoms with E-state index in [1.165, 1.54) is 28.3 Å². The van der Waals surface area contributed by atoms with Crippen LogP contribution < -0.4 is 10.1 Å². The van der Waals surface area contributed by atoms with Gasteiger partial charge in [-0.05, 0) is 45.9 Å². The number of rotatable bonds is 5. The predicted molar refractivity (Wildman–Crippen MR) is 125 cm³/mol. The number of hydrogen-bond acceptors (Lipinski definition) is 6. The zero-order valence-corrected chi connectivity index (χ0v) is 20.9. The molecule has 0 bridgehead atoms. The molecule has 4 atom stereocenters. The minimum atomic E-state index is -3.96. The lowest BCUT2D eigenvalue weighted by Crippen LogP contribution is -2.51. The van der Waals surface area contributed by atoms with Gasteiger partial charge in [-0.15, -0.1) is 0 Å². The SMILES string of the molecule is CC(C)NC(=O)N(C)C[C@@H]1Oc2cc(C#C[C@H](C)O)ccc2S(=O)(=O)N([C@@H](C)CO)C[C@H]1C. The molecule has 9 nitrogen and oxygen atoms in total. The summed E-state index contributed by atoms with van der Waals surface area (Å²) in [6.07, 6.45) is -1.35. The monoisotopic (exact) mass is 481 g/mol. The second-order valence-electron chi connectivity index (χ2n) is 8.83. The number of sulfonamides is 1. The summed E-state index contributed by atoms with van der Waals surface area (Å²) in [5.74, 6) is 5.27. The number of likely N-dealkylation sites (N-methyl/N-ethyl adjacent to an activating group) is 1. The van der Waals surface area contributed by atoms with E-state index < -0.39 is 28.3 Å². The minimum Gasteiger partial charge on any atom is -0.487 e. The molecule has 1 heterocycles. The van der Waals surface area contributed by atoms with Crippen LogP contribution in [-0.4, -0.2) is 84.9 Å². The van der Waals surface area contributed by atoms with Gasteiger partial charge >= 0.3 is 6.03 Å². The van der Waals surface area contributed by atoms with Crippen LogP contribution in [0.3, 0.4) is 0 Å². The molecule has 2 rings (SSSR count). The number of hydrogen-bond donors (Lipinski definition) is 3. The minimum absolute atomic E-state index is 0.0301. The van der Waals surface area contributed by atoms with Crippen molar-refractivity contribution in [2.45, 2.75) is 63.8 Å². The Morgan fingerprint density at radius 3 is 2.58 bits per heavy atom. The Morgan fingerprint density at radius 2 is 2.00 bits per heavy atom. The fraction of sp³-hybridized carbons (Fsp3) is 0.609. The third-order valence-electron chi connectivity index (χ3n) is 5.31. The molecule has 0 saturated heterocycles. The third-order valence-corrected chi connectivity index (χ3v) is 7.32. The van der Waals surface area contributed by atoms with Crippen molar-refractivity contribution < 1.29 is 28.2 Å². The van der Waals surface area contributed by atoms with Gasteiger partial charge in [0.25, 0.3) is 0 Å². The Kier molecular flexibility index (Phi) is 9.14. The van der Waals surface area contributed by atoms with Crippen LogP contribution >= 0.6 is 0 Å². The summed E-state index contributed by atoms with van der Waals surface area (Å²) in [5, 5.41) is 22.0. The van der Waals surface area contributed by atoms with Gasteiger partial charge < -0.3 is 25.2 Å². The number of fused-ring (bicyclic) bond motifs is 1. The van der Waals surface area contributed by atoms with Crippen LogP contribution in [0.25, 0.3) is 0 Å². The lowest BCUT2D eigenvalue weighted by Gasteiger charge is -2.37. The lowest BCUT2D eigenvalue weighted by atomic mass is 10.0. The predicted octanol–water partition coefficient (Wildman–Crippen LogP) is 1.24. The molecule has 0 aliphatic carbocycles.